The predicted molar refractivity (Wildman–Crippen MR) is 64.6 cm³/mol. The summed E-state index contributed by atoms with van der Waals surface area (Å²) in [6.45, 7) is 0. The third-order valence-electron chi connectivity index (χ3n) is 2.08. The van der Waals surface area contributed by atoms with E-state index in [1.807, 2.05) is 6.26 Å². The van der Waals surface area contributed by atoms with Crippen molar-refractivity contribution in [1.29, 1.82) is 0 Å². The Morgan fingerprint density at radius 1 is 1.60 bits per heavy atom. The fraction of sp³-hybridized carbons (Fsp3) is 0.400. The van der Waals surface area contributed by atoms with E-state index in [4.69, 9.17) is 17.4 Å². The summed E-state index contributed by atoms with van der Waals surface area (Å²) >= 11 is 7.34. The van der Waals surface area contributed by atoms with Crippen LogP contribution in [0.25, 0.3) is 0 Å². The SMILES string of the molecule is CSCC(Cc1ccc(Cl)cc1F)NN. The van der Waals surface area contributed by atoms with Crippen LogP contribution in [0.4, 0.5) is 4.39 Å². The van der Waals surface area contributed by atoms with Gasteiger partial charge in [-0.15, -0.1) is 0 Å². The molecule has 0 aliphatic carbocycles. The summed E-state index contributed by atoms with van der Waals surface area (Å²) in [6.07, 6.45) is 2.56. The molecule has 0 saturated carbocycles. The number of hydrogen-bond donors (Lipinski definition) is 2. The Morgan fingerprint density at radius 3 is 2.87 bits per heavy atom. The first-order chi connectivity index (χ1) is 7.17. The van der Waals surface area contributed by atoms with Crippen molar-refractivity contribution in [2.45, 2.75) is 12.5 Å². The van der Waals surface area contributed by atoms with Gasteiger partial charge in [0, 0.05) is 16.8 Å². The van der Waals surface area contributed by atoms with Gasteiger partial charge in [-0.25, -0.2) is 4.39 Å². The molecule has 84 valence electrons. The van der Waals surface area contributed by atoms with Gasteiger partial charge in [-0.3, -0.25) is 11.3 Å². The molecule has 0 fully saturated rings. The Morgan fingerprint density at radius 2 is 2.33 bits per heavy atom. The molecule has 2 nitrogen and oxygen atoms in total. The first-order valence-electron chi connectivity index (χ1n) is 4.56. The molecule has 1 aromatic carbocycles. The second-order valence-corrected chi connectivity index (χ2v) is 4.61. The number of halogens is 2. The lowest BCUT2D eigenvalue weighted by atomic mass is 10.1. The van der Waals surface area contributed by atoms with Gasteiger partial charge in [-0.2, -0.15) is 11.8 Å². The minimum atomic E-state index is -0.274. The Kier molecular flexibility index (Phi) is 5.39. The zero-order chi connectivity index (χ0) is 11.3. The maximum atomic E-state index is 13.4. The lowest BCUT2D eigenvalue weighted by Gasteiger charge is -2.14. The third-order valence-corrected chi connectivity index (χ3v) is 3.06. The van der Waals surface area contributed by atoms with Crippen molar-refractivity contribution < 1.29 is 4.39 Å². The van der Waals surface area contributed by atoms with Crippen LogP contribution >= 0.6 is 23.4 Å². The van der Waals surface area contributed by atoms with E-state index in [0.717, 1.165) is 5.75 Å². The predicted octanol–water partition coefficient (Wildman–Crippen LogP) is 2.22. The monoisotopic (exact) mass is 248 g/mol. The molecule has 1 rings (SSSR count). The fourth-order valence-corrected chi connectivity index (χ4v) is 2.10. The number of thioether (sulfide) groups is 1. The zero-order valence-corrected chi connectivity index (χ0v) is 10.0. The second-order valence-electron chi connectivity index (χ2n) is 3.26. The van der Waals surface area contributed by atoms with Gasteiger partial charge in [-0.05, 0) is 30.4 Å². The summed E-state index contributed by atoms with van der Waals surface area (Å²) in [6, 6.07) is 4.79. The van der Waals surface area contributed by atoms with Crippen molar-refractivity contribution in [1.82, 2.24) is 5.43 Å². The summed E-state index contributed by atoms with van der Waals surface area (Å²) in [5, 5.41) is 0.415. The van der Waals surface area contributed by atoms with Gasteiger partial charge >= 0.3 is 0 Å². The molecule has 0 bridgehead atoms. The smallest absolute Gasteiger partial charge is 0.127 e. The molecule has 0 amide bonds. The average molecular weight is 249 g/mol. The van der Waals surface area contributed by atoms with E-state index < -0.39 is 0 Å². The second kappa shape index (κ2) is 6.33. The summed E-state index contributed by atoms with van der Waals surface area (Å²) in [4.78, 5) is 0. The maximum Gasteiger partial charge on any atom is 0.127 e. The normalized spacial score (nSPS) is 12.8. The molecular formula is C10H14ClFN2S. The summed E-state index contributed by atoms with van der Waals surface area (Å²) in [7, 11) is 0. The first kappa shape index (κ1) is 12.8. The molecule has 3 N–H and O–H groups in total. The molecule has 0 heterocycles. The van der Waals surface area contributed by atoms with E-state index in [9.17, 15) is 4.39 Å². The van der Waals surface area contributed by atoms with Crippen LogP contribution in [0.1, 0.15) is 5.56 Å². The van der Waals surface area contributed by atoms with E-state index in [-0.39, 0.29) is 11.9 Å². The molecule has 15 heavy (non-hydrogen) atoms. The van der Waals surface area contributed by atoms with E-state index in [1.165, 1.54) is 6.07 Å². The largest absolute Gasteiger partial charge is 0.271 e. The third kappa shape index (κ3) is 3.99. The number of nitrogens with one attached hydrogen (secondary N) is 1. The molecule has 0 aliphatic heterocycles. The van der Waals surface area contributed by atoms with E-state index >= 15 is 0 Å². The van der Waals surface area contributed by atoms with Gasteiger partial charge in [0.25, 0.3) is 0 Å². The van der Waals surface area contributed by atoms with Gasteiger partial charge < -0.3 is 0 Å². The highest BCUT2D eigenvalue weighted by Gasteiger charge is 2.10. The summed E-state index contributed by atoms with van der Waals surface area (Å²) < 4.78 is 13.4. The minimum Gasteiger partial charge on any atom is -0.271 e. The van der Waals surface area contributed by atoms with Crippen molar-refractivity contribution >= 4 is 23.4 Å². The standard InChI is InChI=1S/C10H14ClFN2S/c1-15-6-9(14-13)4-7-2-3-8(11)5-10(7)12/h2-3,5,9,14H,4,6,13H2,1H3. The van der Waals surface area contributed by atoms with Crippen molar-refractivity contribution in [3.8, 4) is 0 Å². The number of nitrogens with two attached hydrogens (primary N) is 1. The Hall–Kier alpha value is -0.290. The fourth-order valence-electron chi connectivity index (χ4n) is 1.32. The highest BCUT2D eigenvalue weighted by Crippen LogP contribution is 2.16. The number of hydrogen-bond acceptors (Lipinski definition) is 3. The molecular weight excluding hydrogens is 235 g/mol. The molecule has 1 atom stereocenters. The van der Waals surface area contributed by atoms with Gasteiger partial charge in [0.05, 0.1) is 0 Å². The first-order valence-corrected chi connectivity index (χ1v) is 6.33. The number of rotatable bonds is 5. The van der Waals surface area contributed by atoms with Gasteiger partial charge in [0.2, 0.25) is 0 Å². The van der Waals surface area contributed by atoms with E-state index in [0.29, 0.717) is 17.0 Å². The quantitative estimate of drug-likeness (QED) is 0.620. The number of benzene rings is 1. The molecule has 5 heteroatoms. The van der Waals surface area contributed by atoms with Crippen LogP contribution in [0, 0.1) is 5.82 Å². The molecule has 0 spiro atoms. The number of hydrazine groups is 1. The van der Waals surface area contributed by atoms with Crippen molar-refractivity contribution in [3.05, 3.63) is 34.6 Å². The van der Waals surface area contributed by atoms with Crippen LogP contribution in [-0.2, 0) is 6.42 Å². The topological polar surface area (TPSA) is 38.0 Å². The Labute approximate surface area is 98.3 Å². The summed E-state index contributed by atoms with van der Waals surface area (Å²) in [5.41, 5.74) is 3.31. The van der Waals surface area contributed by atoms with Crippen molar-refractivity contribution in [2.24, 2.45) is 5.84 Å². The maximum absolute atomic E-state index is 13.4. The van der Waals surface area contributed by atoms with E-state index in [1.54, 1.807) is 23.9 Å². The van der Waals surface area contributed by atoms with Crippen LogP contribution in [-0.4, -0.2) is 18.1 Å². The zero-order valence-electron chi connectivity index (χ0n) is 8.47. The molecule has 1 aromatic rings. The van der Waals surface area contributed by atoms with Gasteiger partial charge in [0.15, 0.2) is 0 Å². The van der Waals surface area contributed by atoms with Crippen molar-refractivity contribution in [2.75, 3.05) is 12.0 Å². The van der Waals surface area contributed by atoms with Crippen LogP contribution in [0.15, 0.2) is 18.2 Å². The Balaban J connectivity index is 2.70. The molecule has 0 saturated heterocycles. The highest BCUT2D eigenvalue weighted by atomic mass is 35.5. The molecule has 0 aliphatic rings. The molecule has 0 radical (unpaired) electrons. The van der Waals surface area contributed by atoms with E-state index in [2.05, 4.69) is 5.43 Å². The Bertz CT molecular complexity index is 322. The minimum absolute atomic E-state index is 0.0793. The van der Waals surface area contributed by atoms with Gasteiger partial charge in [0.1, 0.15) is 5.82 Å². The van der Waals surface area contributed by atoms with Crippen LogP contribution in [0.2, 0.25) is 5.02 Å². The van der Waals surface area contributed by atoms with Crippen molar-refractivity contribution in [3.63, 3.8) is 0 Å². The summed E-state index contributed by atoms with van der Waals surface area (Å²) in [5.74, 6) is 5.95. The average Bonchev–Trinajstić information content (AvgIpc) is 2.21. The van der Waals surface area contributed by atoms with Crippen LogP contribution in [0.5, 0.6) is 0 Å². The highest BCUT2D eigenvalue weighted by molar-refractivity contribution is 7.98. The van der Waals surface area contributed by atoms with Crippen LogP contribution < -0.4 is 11.3 Å². The lowest BCUT2D eigenvalue weighted by molar-refractivity contribution is 0.547. The lowest BCUT2D eigenvalue weighted by Crippen LogP contribution is -2.38. The van der Waals surface area contributed by atoms with Gasteiger partial charge in [-0.1, -0.05) is 17.7 Å². The molecule has 1 unspecified atom stereocenters. The molecule has 0 aromatic heterocycles. The van der Waals surface area contributed by atoms with Crippen LogP contribution in [0.3, 0.4) is 0 Å².